The Hall–Kier alpha value is -1.91. The molecule has 0 spiro atoms. The minimum atomic E-state index is -0.484. The molecule has 2 aromatic rings. The van der Waals surface area contributed by atoms with Crippen molar-refractivity contribution in [2.24, 2.45) is 7.05 Å². The molecular weight excluding hydrogens is 207 g/mol. The first kappa shape index (κ1) is 10.6. The molecule has 2 aromatic heterocycles. The maximum Gasteiger partial charge on any atom is 0.214 e. The summed E-state index contributed by atoms with van der Waals surface area (Å²) in [5, 5.41) is 7.19. The lowest BCUT2D eigenvalue weighted by atomic mass is 10.2. The lowest BCUT2D eigenvalue weighted by Gasteiger charge is -2.14. The molecule has 0 aliphatic rings. The summed E-state index contributed by atoms with van der Waals surface area (Å²) in [6.45, 7) is 1.98. The number of hydrogen-bond acceptors (Lipinski definition) is 3. The Morgan fingerprint density at radius 2 is 2.19 bits per heavy atom. The van der Waals surface area contributed by atoms with E-state index in [0.717, 1.165) is 5.69 Å². The summed E-state index contributed by atoms with van der Waals surface area (Å²) in [7, 11) is 1.87. The molecule has 5 heteroatoms. The predicted octanol–water partition coefficient (Wildman–Crippen LogP) is 2.13. The average molecular weight is 220 g/mol. The number of nitrogens with zero attached hydrogens (tertiary/aromatic N) is 3. The molecule has 16 heavy (non-hydrogen) atoms. The highest BCUT2D eigenvalue weighted by atomic mass is 19.1. The Kier molecular flexibility index (Phi) is 2.85. The van der Waals surface area contributed by atoms with Crippen LogP contribution in [-0.2, 0) is 7.05 Å². The topological polar surface area (TPSA) is 42.7 Å². The molecule has 0 saturated carbocycles. The third kappa shape index (κ3) is 2.18. The molecular formula is C11H13FN4. The van der Waals surface area contributed by atoms with Crippen molar-refractivity contribution in [1.82, 2.24) is 14.8 Å². The van der Waals surface area contributed by atoms with Crippen molar-refractivity contribution >= 4 is 5.82 Å². The van der Waals surface area contributed by atoms with Crippen LogP contribution >= 0.6 is 0 Å². The summed E-state index contributed by atoms with van der Waals surface area (Å²) >= 11 is 0. The van der Waals surface area contributed by atoms with E-state index in [4.69, 9.17) is 0 Å². The Labute approximate surface area is 93.1 Å². The van der Waals surface area contributed by atoms with Gasteiger partial charge < -0.3 is 5.32 Å². The molecule has 0 radical (unpaired) electrons. The molecule has 0 bridgehead atoms. The second kappa shape index (κ2) is 4.30. The van der Waals surface area contributed by atoms with Crippen LogP contribution in [0.3, 0.4) is 0 Å². The number of aryl methyl sites for hydroxylation is 1. The summed E-state index contributed by atoms with van der Waals surface area (Å²) in [6.07, 6.45) is 1.73. The standard InChI is InChI=1S/C11H13FN4/c1-8(9-6-7-13-16(9)2)14-11-5-3-4-10(12)15-11/h3-8H,1-2H3,(H,14,15). The molecule has 0 aliphatic carbocycles. The number of hydrogen-bond donors (Lipinski definition) is 1. The fourth-order valence-electron chi connectivity index (χ4n) is 1.59. The van der Waals surface area contributed by atoms with E-state index in [2.05, 4.69) is 15.4 Å². The van der Waals surface area contributed by atoms with Gasteiger partial charge in [-0.05, 0) is 25.1 Å². The highest BCUT2D eigenvalue weighted by molar-refractivity contribution is 5.36. The van der Waals surface area contributed by atoms with Gasteiger partial charge in [-0.2, -0.15) is 9.49 Å². The first-order valence-electron chi connectivity index (χ1n) is 5.04. The van der Waals surface area contributed by atoms with Crippen molar-refractivity contribution in [1.29, 1.82) is 0 Å². The van der Waals surface area contributed by atoms with E-state index < -0.39 is 5.95 Å². The van der Waals surface area contributed by atoms with Gasteiger partial charge in [-0.15, -0.1) is 0 Å². The Morgan fingerprint density at radius 3 is 2.81 bits per heavy atom. The maximum absolute atomic E-state index is 12.9. The molecule has 0 aliphatic heterocycles. The molecule has 0 fully saturated rings. The molecule has 1 unspecified atom stereocenters. The van der Waals surface area contributed by atoms with E-state index in [1.165, 1.54) is 6.07 Å². The van der Waals surface area contributed by atoms with Crippen LogP contribution in [0.5, 0.6) is 0 Å². The first-order valence-corrected chi connectivity index (χ1v) is 5.04. The van der Waals surface area contributed by atoms with Crippen LogP contribution in [0.25, 0.3) is 0 Å². The van der Waals surface area contributed by atoms with Crippen LogP contribution in [0.2, 0.25) is 0 Å². The van der Waals surface area contributed by atoms with Crippen molar-refractivity contribution in [2.45, 2.75) is 13.0 Å². The fraction of sp³-hybridized carbons (Fsp3) is 0.273. The third-order valence-electron chi connectivity index (χ3n) is 2.38. The minimum absolute atomic E-state index is 0.0294. The molecule has 0 aromatic carbocycles. The lowest BCUT2D eigenvalue weighted by Crippen LogP contribution is -2.12. The van der Waals surface area contributed by atoms with Crippen LogP contribution in [0.4, 0.5) is 10.2 Å². The van der Waals surface area contributed by atoms with E-state index in [1.807, 2.05) is 20.0 Å². The molecule has 4 nitrogen and oxygen atoms in total. The maximum atomic E-state index is 12.9. The van der Waals surface area contributed by atoms with Crippen molar-refractivity contribution in [3.8, 4) is 0 Å². The normalized spacial score (nSPS) is 12.4. The number of aromatic nitrogens is 3. The average Bonchev–Trinajstić information content (AvgIpc) is 2.64. The smallest absolute Gasteiger partial charge is 0.214 e. The van der Waals surface area contributed by atoms with Gasteiger partial charge in [0.15, 0.2) is 0 Å². The second-order valence-electron chi connectivity index (χ2n) is 3.59. The summed E-state index contributed by atoms with van der Waals surface area (Å²) in [5.41, 5.74) is 1.02. The zero-order chi connectivity index (χ0) is 11.5. The monoisotopic (exact) mass is 220 g/mol. The number of pyridine rings is 1. The fourth-order valence-corrected chi connectivity index (χ4v) is 1.59. The van der Waals surface area contributed by atoms with Gasteiger partial charge in [0.2, 0.25) is 5.95 Å². The Bertz CT molecular complexity index is 480. The molecule has 1 N–H and O–H groups in total. The largest absolute Gasteiger partial charge is 0.362 e. The van der Waals surface area contributed by atoms with Gasteiger partial charge in [0.25, 0.3) is 0 Å². The number of halogens is 1. The minimum Gasteiger partial charge on any atom is -0.362 e. The van der Waals surface area contributed by atoms with Gasteiger partial charge in [-0.3, -0.25) is 4.68 Å². The van der Waals surface area contributed by atoms with E-state index in [0.29, 0.717) is 5.82 Å². The quantitative estimate of drug-likeness (QED) is 0.806. The number of rotatable bonds is 3. The third-order valence-corrected chi connectivity index (χ3v) is 2.38. The summed E-state index contributed by atoms with van der Waals surface area (Å²) < 4.78 is 14.6. The van der Waals surface area contributed by atoms with E-state index in [1.54, 1.807) is 23.0 Å². The van der Waals surface area contributed by atoms with Crippen LogP contribution in [0, 0.1) is 5.95 Å². The van der Waals surface area contributed by atoms with Gasteiger partial charge in [0.05, 0.1) is 11.7 Å². The molecule has 84 valence electrons. The molecule has 1 atom stereocenters. The van der Waals surface area contributed by atoms with Crippen LogP contribution in [0.15, 0.2) is 30.5 Å². The van der Waals surface area contributed by atoms with Crippen molar-refractivity contribution < 1.29 is 4.39 Å². The number of nitrogens with one attached hydrogen (secondary N) is 1. The summed E-state index contributed by atoms with van der Waals surface area (Å²) in [6, 6.07) is 6.62. The summed E-state index contributed by atoms with van der Waals surface area (Å²) in [4.78, 5) is 3.75. The van der Waals surface area contributed by atoms with Crippen LogP contribution in [0.1, 0.15) is 18.7 Å². The van der Waals surface area contributed by atoms with Gasteiger partial charge >= 0.3 is 0 Å². The Morgan fingerprint density at radius 1 is 1.38 bits per heavy atom. The first-order chi connectivity index (χ1) is 7.66. The highest BCUT2D eigenvalue weighted by Gasteiger charge is 2.09. The van der Waals surface area contributed by atoms with E-state index in [-0.39, 0.29) is 6.04 Å². The lowest BCUT2D eigenvalue weighted by molar-refractivity contribution is 0.583. The zero-order valence-corrected chi connectivity index (χ0v) is 9.18. The van der Waals surface area contributed by atoms with Crippen LogP contribution in [-0.4, -0.2) is 14.8 Å². The molecule has 0 saturated heterocycles. The van der Waals surface area contributed by atoms with Crippen molar-refractivity contribution in [3.63, 3.8) is 0 Å². The van der Waals surface area contributed by atoms with Crippen molar-refractivity contribution in [2.75, 3.05) is 5.32 Å². The van der Waals surface area contributed by atoms with E-state index in [9.17, 15) is 4.39 Å². The van der Waals surface area contributed by atoms with Gasteiger partial charge in [-0.1, -0.05) is 6.07 Å². The zero-order valence-electron chi connectivity index (χ0n) is 9.18. The van der Waals surface area contributed by atoms with Crippen LogP contribution < -0.4 is 5.32 Å². The SMILES string of the molecule is CC(Nc1cccc(F)n1)c1ccnn1C. The highest BCUT2D eigenvalue weighted by Crippen LogP contribution is 2.16. The van der Waals surface area contributed by atoms with Gasteiger partial charge in [0, 0.05) is 13.2 Å². The predicted molar refractivity (Wildman–Crippen MR) is 59.4 cm³/mol. The molecule has 2 heterocycles. The van der Waals surface area contributed by atoms with Gasteiger partial charge in [0.1, 0.15) is 5.82 Å². The van der Waals surface area contributed by atoms with E-state index >= 15 is 0 Å². The summed E-state index contributed by atoms with van der Waals surface area (Å²) in [5.74, 6) is 0.0379. The van der Waals surface area contributed by atoms with Crippen molar-refractivity contribution in [3.05, 3.63) is 42.1 Å². The Balaban J connectivity index is 2.14. The number of anilines is 1. The second-order valence-corrected chi connectivity index (χ2v) is 3.59. The molecule has 0 amide bonds. The van der Waals surface area contributed by atoms with Gasteiger partial charge in [-0.25, -0.2) is 4.98 Å². The molecule has 2 rings (SSSR count).